The second-order valence-electron chi connectivity index (χ2n) is 4.93. The summed E-state index contributed by atoms with van der Waals surface area (Å²) < 4.78 is 0. The van der Waals surface area contributed by atoms with Gasteiger partial charge < -0.3 is 10.4 Å². The standard InChI is InChI=1S/C12H25NOS/c1-4-10(2)12(3,14)9-13-11-5-7-15-8-6-11/h10-11,13-14H,4-9H2,1-3H3. The van der Waals surface area contributed by atoms with E-state index in [0.717, 1.165) is 13.0 Å². The van der Waals surface area contributed by atoms with Gasteiger partial charge in [-0.2, -0.15) is 11.8 Å². The number of nitrogens with one attached hydrogen (secondary N) is 1. The minimum Gasteiger partial charge on any atom is -0.389 e. The van der Waals surface area contributed by atoms with Gasteiger partial charge in [0, 0.05) is 12.6 Å². The summed E-state index contributed by atoms with van der Waals surface area (Å²) >= 11 is 2.04. The van der Waals surface area contributed by atoms with Crippen LogP contribution in [0.3, 0.4) is 0 Å². The van der Waals surface area contributed by atoms with Crippen LogP contribution in [0.2, 0.25) is 0 Å². The van der Waals surface area contributed by atoms with E-state index in [4.69, 9.17) is 0 Å². The molecule has 0 bridgehead atoms. The van der Waals surface area contributed by atoms with Gasteiger partial charge in [-0.3, -0.25) is 0 Å². The molecule has 0 amide bonds. The third-order valence-corrected chi connectivity index (χ3v) is 4.69. The Morgan fingerprint density at radius 1 is 1.47 bits per heavy atom. The maximum Gasteiger partial charge on any atom is 0.0768 e. The van der Waals surface area contributed by atoms with Gasteiger partial charge in [-0.1, -0.05) is 20.3 Å². The lowest BCUT2D eigenvalue weighted by molar-refractivity contribution is 0.00308. The fourth-order valence-electron chi connectivity index (χ4n) is 1.87. The van der Waals surface area contributed by atoms with Crippen molar-refractivity contribution < 1.29 is 5.11 Å². The molecular weight excluding hydrogens is 206 g/mol. The van der Waals surface area contributed by atoms with Crippen molar-refractivity contribution in [2.45, 2.75) is 51.7 Å². The highest BCUT2D eigenvalue weighted by Crippen LogP contribution is 2.21. The van der Waals surface area contributed by atoms with E-state index in [1.165, 1.54) is 24.3 Å². The van der Waals surface area contributed by atoms with Crippen LogP contribution in [-0.4, -0.2) is 34.8 Å². The van der Waals surface area contributed by atoms with Crippen molar-refractivity contribution >= 4 is 11.8 Å². The molecule has 90 valence electrons. The molecule has 1 aliphatic heterocycles. The average Bonchev–Trinajstić information content (AvgIpc) is 2.27. The molecule has 1 aliphatic rings. The molecule has 0 spiro atoms. The van der Waals surface area contributed by atoms with Crippen molar-refractivity contribution in [3.63, 3.8) is 0 Å². The van der Waals surface area contributed by atoms with Gasteiger partial charge in [0.05, 0.1) is 5.60 Å². The Bertz CT molecular complexity index is 178. The van der Waals surface area contributed by atoms with Gasteiger partial charge in [-0.05, 0) is 37.2 Å². The van der Waals surface area contributed by atoms with Crippen LogP contribution < -0.4 is 5.32 Å². The Balaban J connectivity index is 2.27. The highest BCUT2D eigenvalue weighted by Gasteiger charge is 2.27. The van der Waals surface area contributed by atoms with Crippen molar-refractivity contribution in [2.75, 3.05) is 18.1 Å². The van der Waals surface area contributed by atoms with Crippen LogP contribution in [0.25, 0.3) is 0 Å². The van der Waals surface area contributed by atoms with E-state index in [-0.39, 0.29) is 0 Å². The molecule has 0 aromatic rings. The van der Waals surface area contributed by atoms with E-state index in [1.807, 2.05) is 18.7 Å². The van der Waals surface area contributed by atoms with Gasteiger partial charge in [-0.15, -0.1) is 0 Å². The number of rotatable bonds is 5. The molecule has 1 saturated heterocycles. The highest BCUT2D eigenvalue weighted by atomic mass is 32.2. The lowest BCUT2D eigenvalue weighted by atomic mass is 9.88. The number of thioether (sulfide) groups is 1. The summed E-state index contributed by atoms with van der Waals surface area (Å²) in [4.78, 5) is 0. The van der Waals surface area contributed by atoms with Crippen molar-refractivity contribution in [3.05, 3.63) is 0 Å². The summed E-state index contributed by atoms with van der Waals surface area (Å²) in [5, 5.41) is 13.8. The van der Waals surface area contributed by atoms with Crippen LogP contribution in [0.1, 0.15) is 40.0 Å². The topological polar surface area (TPSA) is 32.3 Å². The molecule has 2 N–H and O–H groups in total. The minimum absolute atomic E-state index is 0.364. The van der Waals surface area contributed by atoms with Gasteiger partial charge in [0.1, 0.15) is 0 Å². The van der Waals surface area contributed by atoms with Crippen molar-refractivity contribution in [1.29, 1.82) is 0 Å². The number of aliphatic hydroxyl groups is 1. The molecule has 0 radical (unpaired) electrons. The first-order valence-electron chi connectivity index (χ1n) is 6.09. The van der Waals surface area contributed by atoms with Crippen LogP contribution in [-0.2, 0) is 0 Å². The predicted molar refractivity (Wildman–Crippen MR) is 68.4 cm³/mol. The summed E-state index contributed by atoms with van der Waals surface area (Å²) in [5.41, 5.74) is -0.556. The first kappa shape index (κ1) is 13.3. The maximum absolute atomic E-state index is 10.2. The average molecular weight is 231 g/mol. The summed E-state index contributed by atoms with van der Waals surface area (Å²) in [5.74, 6) is 2.90. The summed E-state index contributed by atoms with van der Waals surface area (Å²) in [7, 11) is 0. The second-order valence-corrected chi connectivity index (χ2v) is 6.16. The lowest BCUT2D eigenvalue weighted by Gasteiger charge is -2.33. The molecule has 2 nitrogen and oxygen atoms in total. The zero-order chi connectivity index (χ0) is 11.3. The third kappa shape index (κ3) is 4.33. The fourth-order valence-corrected chi connectivity index (χ4v) is 2.97. The smallest absolute Gasteiger partial charge is 0.0768 e. The zero-order valence-electron chi connectivity index (χ0n) is 10.3. The Morgan fingerprint density at radius 3 is 2.60 bits per heavy atom. The SMILES string of the molecule is CCC(C)C(C)(O)CNC1CCSCC1. The van der Waals surface area contributed by atoms with Crippen LogP contribution >= 0.6 is 11.8 Å². The molecule has 0 aromatic heterocycles. The van der Waals surface area contributed by atoms with E-state index < -0.39 is 5.60 Å². The molecule has 2 atom stereocenters. The monoisotopic (exact) mass is 231 g/mol. The fraction of sp³-hybridized carbons (Fsp3) is 1.00. The molecule has 2 unspecified atom stereocenters. The highest BCUT2D eigenvalue weighted by molar-refractivity contribution is 7.99. The van der Waals surface area contributed by atoms with Gasteiger partial charge in [0.2, 0.25) is 0 Å². The molecule has 0 saturated carbocycles. The van der Waals surface area contributed by atoms with Gasteiger partial charge in [0.25, 0.3) is 0 Å². The number of hydrogen-bond donors (Lipinski definition) is 2. The molecule has 3 heteroatoms. The van der Waals surface area contributed by atoms with Crippen LogP contribution in [0, 0.1) is 5.92 Å². The molecule has 1 heterocycles. The second kappa shape index (κ2) is 6.12. The third-order valence-electron chi connectivity index (χ3n) is 3.64. The minimum atomic E-state index is -0.556. The van der Waals surface area contributed by atoms with Gasteiger partial charge in [-0.25, -0.2) is 0 Å². The predicted octanol–water partition coefficient (Wildman–Crippen LogP) is 2.27. The largest absolute Gasteiger partial charge is 0.389 e. The molecule has 1 fully saturated rings. The van der Waals surface area contributed by atoms with Crippen molar-refractivity contribution in [1.82, 2.24) is 5.32 Å². The van der Waals surface area contributed by atoms with Crippen molar-refractivity contribution in [2.24, 2.45) is 5.92 Å². The Labute approximate surface area is 98.2 Å². The summed E-state index contributed by atoms with van der Waals surface area (Å²) in [6, 6.07) is 0.627. The molecule has 15 heavy (non-hydrogen) atoms. The van der Waals surface area contributed by atoms with Crippen LogP contribution in [0.4, 0.5) is 0 Å². The number of hydrogen-bond acceptors (Lipinski definition) is 3. The summed E-state index contributed by atoms with van der Waals surface area (Å²) in [6.07, 6.45) is 3.54. The Morgan fingerprint density at radius 2 is 2.07 bits per heavy atom. The molecule has 1 rings (SSSR count). The lowest BCUT2D eigenvalue weighted by Crippen LogP contribution is -2.47. The van der Waals surface area contributed by atoms with Crippen LogP contribution in [0.5, 0.6) is 0 Å². The molecular formula is C12H25NOS. The Kier molecular flexibility index (Phi) is 5.44. The Hall–Kier alpha value is 0.270. The quantitative estimate of drug-likeness (QED) is 0.761. The van der Waals surface area contributed by atoms with Gasteiger partial charge in [0.15, 0.2) is 0 Å². The van der Waals surface area contributed by atoms with E-state index in [2.05, 4.69) is 19.2 Å². The normalized spacial score (nSPS) is 24.8. The van der Waals surface area contributed by atoms with E-state index in [1.54, 1.807) is 0 Å². The summed E-state index contributed by atoms with van der Waals surface area (Å²) in [6.45, 7) is 6.94. The van der Waals surface area contributed by atoms with E-state index >= 15 is 0 Å². The first-order chi connectivity index (χ1) is 7.06. The zero-order valence-corrected chi connectivity index (χ0v) is 11.1. The van der Waals surface area contributed by atoms with Crippen LogP contribution in [0.15, 0.2) is 0 Å². The van der Waals surface area contributed by atoms with E-state index in [9.17, 15) is 5.11 Å². The molecule has 0 aliphatic carbocycles. The van der Waals surface area contributed by atoms with Gasteiger partial charge >= 0.3 is 0 Å². The maximum atomic E-state index is 10.2. The first-order valence-corrected chi connectivity index (χ1v) is 7.25. The van der Waals surface area contributed by atoms with E-state index in [0.29, 0.717) is 12.0 Å². The van der Waals surface area contributed by atoms with Crippen molar-refractivity contribution in [3.8, 4) is 0 Å². The molecule has 0 aromatic carbocycles.